The lowest BCUT2D eigenvalue weighted by Crippen LogP contribution is -2.13. The molecule has 0 radical (unpaired) electrons. The molecule has 3 rings (SSSR count). The number of fused-ring (bicyclic) bond motifs is 1. The number of amides is 1. The maximum atomic E-state index is 12.7. The highest BCUT2D eigenvalue weighted by molar-refractivity contribution is 7.14. The van der Waals surface area contributed by atoms with Gasteiger partial charge in [0.05, 0.1) is 4.88 Å². The zero-order valence-corrected chi connectivity index (χ0v) is 14.3. The summed E-state index contributed by atoms with van der Waals surface area (Å²) in [6.07, 6.45) is 4.76. The van der Waals surface area contributed by atoms with E-state index in [9.17, 15) is 4.79 Å². The first kappa shape index (κ1) is 15.3. The van der Waals surface area contributed by atoms with Crippen LogP contribution in [0.3, 0.4) is 0 Å². The molecule has 3 heteroatoms. The standard InChI is InChI=1S/C19H23NOS/c1-12(2)15-9-6-7-13(3)18(15)20-19(21)17-11-14-8-4-5-10-16(14)22-17/h6-7,9,11-12H,4-5,8,10H2,1-3H3,(H,20,21). The number of hydrogen-bond acceptors (Lipinski definition) is 2. The quantitative estimate of drug-likeness (QED) is 0.817. The smallest absolute Gasteiger partial charge is 0.265 e. The van der Waals surface area contributed by atoms with Gasteiger partial charge >= 0.3 is 0 Å². The molecule has 1 N–H and O–H groups in total. The van der Waals surface area contributed by atoms with Gasteiger partial charge in [-0.05, 0) is 61.3 Å². The van der Waals surface area contributed by atoms with Crippen LogP contribution in [0, 0.1) is 6.92 Å². The zero-order valence-electron chi connectivity index (χ0n) is 13.5. The molecule has 1 amide bonds. The molecule has 116 valence electrons. The molecule has 22 heavy (non-hydrogen) atoms. The van der Waals surface area contributed by atoms with Crippen molar-refractivity contribution >= 4 is 22.9 Å². The first-order chi connectivity index (χ1) is 10.6. The number of carbonyl (C=O) groups excluding carboxylic acids is 1. The van der Waals surface area contributed by atoms with Crippen molar-refractivity contribution in [1.82, 2.24) is 0 Å². The van der Waals surface area contributed by atoms with Crippen molar-refractivity contribution in [2.75, 3.05) is 5.32 Å². The molecule has 0 aliphatic heterocycles. The highest BCUT2D eigenvalue weighted by atomic mass is 32.1. The highest BCUT2D eigenvalue weighted by Gasteiger charge is 2.19. The van der Waals surface area contributed by atoms with Gasteiger partial charge < -0.3 is 5.32 Å². The summed E-state index contributed by atoms with van der Waals surface area (Å²) in [6.45, 7) is 6.38. The number of thiophene rings is 1. The minimum atomic E-state index is 0.0376. The summed E-state index contributed by atoms with van der Waals surface area (Å²) in [5.41, 5.74) is 4.69. The van der Waals surface area contributed by atoms with Gasteiger partial charge in [-0.2, -0.15) is 0 Å². The van der Waals surface area contributed by atoms with Crippen LogP contribution >= 0.6 is 11.3 Å². The van der Waals surface area contributed by atoms with Crippen LogP contribution < -0.4 is 5.32 Å². The second kappa shape index (κ2) is 6.25. The van der Waals surface area contributed by atoms with Crippen molar-refractivity contribution in [2.24, 2.45) is 0 Å². The molecule has 0 saturated carbocycles. The maximum absolute atomic E-state index is 12.7. The van der Waals surface area contributed by atoms with E-state index in [0.29, 0.717) is 5.92 Å². The van der Waals surface area contributed by atoms with E-state index in [1.54, 1.807) is 11.3 Å². The summed E-state index contributed by atoms with van der Waals surface area (Å²) in [5.74, 6) is 0.433. The Bertz CT molecular complexity index is 676. The average molecular weight is 313 g/mol. The lowest BCUT2D eigenvalue weighted by molar-refractivity contribution is 0.103. The van der Waals surface area contributed by atoms with E-state index in [4.69, 9.17) is 0 Å². The van der Waals surface area contributed by atoms with Gasteiger partial charge in [0.15, 0.2) is 0 Å². The van der Waals surface area contributed by atoms with E-state index in [-0.39, 0.29) is 5.91 Å². The van der Waals surface area contributed by atoms with Crippen LogP contribution in [0.4, 0.5) is 5.69 Å². The number of hydrogen-bond donors (Lipinski definition) is 1. The van der Waals surface area contributed by atoms with Gasteiger partial charge in [0, 0.05) is 10.6 Å². The predicted octanol–water partition coefficient (Wildman–Crippen LogP) is 5.31. The normalized spacial score (nSPS) is 14.0. The van der Waals surface area contributed by atoms with Gasteiger partial charge in [0.2, 0.25) is 0 Å². The van der Waals surface area contributed by atoms with Crippen molar-refractivity contribution in [1.29, 1.82) is 0 Å². The van der Waals surface area contributed by atoms with E-state index >= 15 is 0 Å². The molecule has 0 spiro atoms. The summed E-state index contributed by atoms with van der Waals surface area (Å²) >= 11 is 1.67. The number of rotatable bonds is 3. The summed E-state index contributed by atoms with van der Waals surface area (Å²) in [5, 5.41) is 3.16. The van der Waals surface area contributed by atoms with E-state index in [1.807, 2.05) is 0 Å². The van der Waals surface area contributed by atoms with E-state index < -0.39 is 0 Å². The van der Waals surface area contributed by atoms with Gasteiger partial charge in [-0.15, -0.1) is 11.3 Å². The summed E-state index contributed by atoms with van der Waals surface area (Å²) in [4.78, 5) is 14.9. The van der Waals surface area contributed by atoms with Crippen molar-refractivity contribution in [3.05, 3.63) is 50.7 Å². The molecule has 0 saturated heterocycles. The molecular formula is C19H23NOS. The molecule has 1 aliphatic carbocycles. The maximum Gasteiger partial charge on any atom is 0.265 e. The monoisotopic (exact) mass is 313 g/mol. The minimum Gasteiger partial charge on any atom is -0.321 e. The molecule has 1 aromatic heterocycles. The van der Waals surface area contributed by atoms with Crippen molar-refractivity contribution in [3.8, 4) is 0 Å². The lowest BCUT2D eigenvalue weighted by Gasteiger charge is -2.16. The molecule has 0 fully saturated rings. The summed E-state index contributed by atoms with van der Waals surface area (Å²) < 4.78 is 0. The fourth-order valence-electron chi connectivity index (χ4n) is 3.12. The van der Waals surface area contributed by atoms with Crippen LogP contribution in [0.15, 0.2) is 24.3 Å². The predicted molar refractivity (Wildman–Crippen MR) is 94.2 cm³/mol. The van der Waals surface area contributed by atoms with Gasteiger partial charge in [-0.1, -0.05) is 32.0 Å². The molecule has 0 bridgehead atoms. The van der Waals surface area contributed by atoms with Crippen molar-refractivity contribution in [3.63, 3.8) is 0 Å². The Morgan fingerprint density at radius 2 is 2.00 bits per heavy atom. The number of anilines is 1. The van der Waals surface area contributed by atoms with E-state index in [0.717, 1.165) is 29.0 Å². The van der Waals surface area contributed by atoms with E-state index in [2.05, 4.69) is 50.4 Å². The Labute approximate surface area is 136 Å². The van der Waals surface area contributed by atoms with Crippen LogP contribution in [0.5, 0.6) is 0 Å². The number of benzene rings is 1. The van der Waals surface area contributed by atoms with Crippen molar-refractivity contribution in [2.45, 2.75) is 52.4 Å². The van der Waals surface area contributed by atoms with Gasteiger partial charge in [0.25, 0.3) is 5.91 Å². The average Bonchev–Trinajstić information content (AvgIpc) is 2.93. The fraction of sp³-hybridized carbons (Fsp3) is 0.421. The Kier molecular flexibility index (Phi) is 4.34. The molecule has 2 nitrogen and oxygen atoms in total. The van der Waals surface area contributed by atoms with Gasteiger partial charge in [-0.3, -0.25) is 4.79 Å². The van der Waals surface area contributed by atoms with Gasteiger partial charge in [0.1, 0.15) is 0 Å². The second-order valence-electron chi connectivity index (χ2n) is 6.41. The summed E-state index contributed by atoms with van der Waals surface area (Å²) in [6, 6.07) is 8.32. The third-order valence-corrected chi connectivity index (χ3v) is 5.62. The summed E-state index contributed by atoms with van der Waals surface area (Å²) in [7, 11) is 0. The Hall–Kier alpha value is -1.61. The molecule has 1 aromatic carbocycles. The third kappa shape index (κ3) is 2.95. The van der Waals surface area contributed by atoms with Crippen molar-refractivity contribution < 1.29 is 4.79 Å². The molecule has 0 unspecified atom stereocenters. The Morgan fingerprint density at radius 3 is 2.73 bits per heavy atom. The molecule has 2 aromatic rings. The number of carbonyl (C=O) groups is 1. The Balaban J connectivity index is 1.87. The van der Waals surface area contributed by atoms with Crippen LogP contribution in [0.2, 0.25) is 0 Å². The SMILES string of the molecule is Cc1cccc(C(C)C)c1NC(=O)c1cc2c(s1)CCCC2. The zero-order chi connectivity index (χ0) is 15.7. The molecule has 1 aliphatic rings. The van der Waals surface area contributed by atoms with Gasteiger partial charge in [-0.25, -0.2) is 0 Å². The van der Waals surface area contributed by atoms with Crippen LogP contribution in [-0.2, 0) is 12.8 Å². The first-order valence-corrected chi connectivity index (χ1v) is 8.90. The van der Waals surface area contributed by atoms with Crippen LogP contribution in [-0.4, -0.2) is 5.91 Å². The first-order valence-electron chi connectivity index (χ1n) is 8.08. The minimum absolute atomic E-state index is 0.0376. The lowest BCUT2D eigenvalue weighted by atomic mass is 9.98. The van der Waals surface area contributed by atoms with Crippen LogP contribution in [0.25, 0.3) is 0 Å². The number of nitrogens with one attached hydrogen (secondary N) is 1. The number of para-hydroxylation sites is 1. The molecule has 1 heterocycles. The van der Waals surface area contributed by atoms with Crippen LogP contribution in [0.1, 0.15) is 63.8 Å². The second-order valence-corrected chi connectivity index (χ2v) is 7.55. The Morgan fingerprint density at radius 1 is 1.23 bits per heavy atom. The molecular weight excluding hydrogens is 290 g/mol. The topological polar surface area (TPSA) is 29.1 Å². The largest absolute Gasteiger partial charge is 0.321 e. The third-order valence-electron chi connectivity index (χ3n) is 4.39. The fourth-order valence-corrected chi connectivity index (χ4v) is 4.27. The highest BCUT2D eigenvalue weighted by Crippen LogP contribution is 2.32. The van der Waals surface area contributed by atoms with E-state index in [1.165, 1.54) is 28.8 Å². The number of aryl methyl sites for hydroxylation is 3. The molecule has 0 atom stereocenters.